The SMILES string of the molecule is CCOc1c(Br)cc(Cl)cc1NC1CCS(=O)(=O)C1. The van der Waals surface area contributed by atoms with Crippen LogP contribution < -0.4 is 10.1 Å². The lowest BCUT2D eigenvalue weighted by Crippen LogP contribution is -2.21. The van der Waals surface area contributed by atoms with Crippen LogP contribution in [0.2, 0.25) is 5.02 Å². The summed E-state index contributed by atoms with van der Waals surface area (Å²) in [6, 6.07) is 3.42. The molecule has 0 amide bonds. The van der Waals surface area contributed by atoms with Crippen molar-refractivity contribution in [3.05, 3.63) is 21.6 Å². The maximum absolute atomic E-state index is 11.5. The van der Waals surface area contributed by atoms with Crippen molar-refractivity contribution >= 4 is 43.1 Å². The summed E-state index contributed by atoms with van der Waals surface area (Å²) in [4.78, 5) is 0. The van der Waals surface area contributed by atoms with Crippen LogP contribution in [-0.2, 0) is 9.84 Å². The number of hydrogen-bond acceptors (Lipinski definition) is 4. The first-order chi connectivity index (χ1) is 8.91. The Morgan fingerprint density at radius 3 is 2.84 bits per heavy atom. The van der Waals surface area contributed by atoms with E-state index < -0.39 is 9.84 Å². The molecule has 1 fully saturated rings. The molecule has 1 aromatic carbocycles. The van der Waals surface area contributed by atoms with Gasteiger partial charge in [0.2, 0.25) is 0 Å². The molecule has 0 spiro atoms. The molecule has 0 radical (unpaired) electrons. The molecule has 0 aromatic heterocycles. The van der Waals surface area contributed by atoms with Crippen molar-refractivity contribution in [2.24, 2.45) is 0 Å². The molecule has 4 nitrogen and oxygen atoms in total. The van der Waals surface area contributed by atoms with Gasteiger partial charge in [0.25, 0.3) is 0 Å². The van der Waals surface area contributed by atoms with Crippen molar-refractivity contribution in [1.29, 1.82) is 0 Å². The summed E-state index contributed by atoms with van der Waals surface area (Å²) in [5, 5.41) is 3.78. The minimum atomic E-state index is -2.91. The van der Waals surface area contributed by atoms with E-state index in [9.17, 15) is 8.42 Å². The van der Waals surface area contributed by atoms with Crippen LogP contribution in [0.3, 0.4) is 0 Å². The molecule has 1 atom stereocenters. The molecule has 2 rings (SSSR count). The van der Waals surface area contributed by atoms with Crippen molar-refractivity contribution in [1.82, 2.24) is 0 Å². The number of sulfone groups is 1. The number of nitrogens with one attached hydrogen (secondary N) is 1. The summed E-state index contributed by atoms with van der Waals surface area (Å²) in [6.07, 6.45) is 0.609. The Bertz CT molecular complexity index is 577. The molecule has 106 valence electrons. The molecular weight excluding hydrogens is 354 g/mol. The molecule has 1 saturated heterocycles. The Morgan fingerprint density at radius 2 is 2.26 bits per heavy atom. The van der Waals surface area contributed by atoms with Crippen LogP contribution in [0.25, 0.3) is 0 Å². The van der Waals surface area contributed by atoms with E-state index in [4.69, 9.17) is 16.3 Å². The number of anilines is 1. The van der Waals surface area contributed by atoms with Crippen LogP contribution in [-0.4, -0.2) is 32.6 Å². The van der Waals surface area contributed by atoms with Crippen molar-refractivity contribution < 1.29 is 13.2 Å². The highest BCUT2D eigenvalue weighted by molar-refractivity contribution is 9.10. The number of rotatable bonds is 4. The van der Waals surface area contributed by atoms with Crippen LogP contribution in [0.15, 0.2) is 16.6 Å². The van der Waals surface area contributed by atoms with Gasteiger partial charge >= 0.3 is 0 Å². The lowest BCUT2D eigenvalue weighted by atomic mass is 10.2. The predicted octanol–water partition coefficient (Wildman–Crippen LogP) is 3.10. The van der Waals surface area contributed by atoms with Crippen molar-refractivity contribution in [2.75, 3.05) is 23.4 Å². The standard InChI is InChI=1S/C12H15BrClNO3S/c1-2-18-12-10(13)5-8(14)6-11(12)15-9-3-4-19(16,17)7-9/h5-6,9,15H,2-4,7H2,1H3. The molecule has 19 heavy (non-hydrogen) atoms. The van der Waals surface area contributed by atoms with Crippen LogP contribution >= 0.6 is 27.5 Å². The molecule has 1 unspecified atom stereocenters. The average molecular weight is 369 g/mol. The minimum Gasteiger partial charge on any atom is -0.491 e. The summed E-state index contributed by atoms with van der Waals surface area (Å²) in [7, 11) is -2.91. The molecule has 0 bridgehead atoms. The zero-order valence-corrected chi connectivity index (χ0v) is 13.6. The normalized spacial score (nSPS) is 21.3. The monoisotopic (exact) mass is 367 g/mol. The lowest BCUT2D eigenvalue weighted by molar-refractivity contribution is 0.339. The zero-order valence-electron chi connectivity index (χ0n) is 10.4. The van der Waals surface area contributed by atoms with E-state index in [2.05, 4.69) is 21.2 Å². The average Bonchev–Trinajstić information content (AvgIpc) is 2.63. The van der Waals surface area contributed by atoms with Gasteiger partial charge in [-0.05, 0) is 41.4 Å². The van der Waals surface area contributed by atoms with Gasteiger partial charge in [-0.15, -0.1) is 0 Å². The first-order valence-corrected chi connectivity index (χ1v) is 8.99. The van der Waals surface area contributed by atoms with E-state index in [-0.39, 0.29) is 17.5 Å². The summed E-state index contributed by atoms with van der Waals surface area (Å²) in [5.74, 6) is 1.05. The molecule has 1 heterocycles. The summed E-state index contributed by atoms with van der Waals surface area (Å²) >= 11 is 9.42. The number of hydrogen-bond donors (Lipinski definition) is 1. The van der Waals surface area contributed by atoms with E-state index in [0.29, 0.717) is 23.8 Å². The summed E-state index contributed by atoms with van der Waals surface area (Å²) in [5.41, 5.74) is 0.725. The van der Waals surface area contributed by atoms with E-state index in [0.717, 1.165) is 10.2 Å². The fourth-order valence-corrected chi connectivity index (χ4v) is 4.69. The topological polar surface area (TPSA) is 55.4 Å². The van der Waals surface area contributed by atoms with Gasteiger partial charge < -0.3 is 10.1 Å². The first-order valence-electron chi connectivity index (χ1n) is 6.00. The first kappa shape index (κ1) is 14.9. The van der Waals surface area contributed by atoms with Crippen LogP contribution in [0.5, 0.6) is 5.75 Å². The second-order valence-corrected chi connectivity index (χ2v) is 7.96. The molecule has 1 aromatic rings. The van der Waals surface area contributed by atoms with Gasteiger partial charge in [0.05, 0.1) is 28.3 Å². The van der Waals surface area contributed by atoms with Crippen LogP contribution in [0, 0.1) is 0 Å². The van der Waals surface area contributed by atoms with Crippen molar-refractivity contribution in [2.45, 2.75) is 19.4 Å². The van der Waals surface area contributed by atoms with Crippen LogP contribution in [0.1, 0.15) is 13.3 Å². The highest BCUT2D eigenvalue weighted by atomic mass is 79.9. The molecule has 0 aliphatic carbocycles. The van der Waals surface area contributed by atoms with Gasteiger partial charge in [0.1, 0.15) is 0 Å². The van der Waals surface area contributed by atoms with Crippen molar-refractivity contribution in [3.8, 4) is 5.75 Å². The third-order valence-corrected chi connectivity index (χ3v) is 5.46. The number of benzene rings is 1. The minimum absolute atomic E-state index is 0.0884. The van der Waals surface area contributed by atoms with Gasteiger partial charge in [0.15, 0.2) is 15.6 Å². The van der Waals surface area contributed by atoms with Crippen LogP contribution in [0.4, 0.5) is 5.69 Å². The molecule has 7 heteroatoms. The third-order valence-electron chi connectivity index (χ3n) is 2.89. The predicted molar refractivity (Wildman–Crippen MR) is 81.0 cm³/mol. The summed E-state index contributed by atoms with van der Waals surface area (Å²) < 4.78 is 29.3. The van der Waals surface area contributed by atoms with Gasteiger partial charge in [-0.2, -0.15) is 0 Å². The number of halogens is 2. The second kappa shape index (κ2) is 5.89. The fourth-order valence-electron chi connectivity index (χ4n) is 2.09. The van der Waals surface area contributed by atoms with E-state index >= 15 is 0 Å². The zero-order chi connectivity index (χ0) is 14.0. The molecule has 1 aliphatic rings. The van der Waals surface area contributed by atoms with E-state index in [1.165, 1.54) is 0 Å². The van der Waals surface area contributed by atoms with Gasteiger partial charge in [-0.25, -0.2) is 8.42 Å². The van der Waals surface area contributed by atoms with E-state index in [1.807, 2.05) is 6.92 Å². The van der Waals surface area contributed by atoms with Gasteiger partial charge in [-0.1, -0.05) is 11.6 Å². The Hall–Kier alpha value is -0.460. The largest absolute Gasteiger partial charge is 0.491 e. The summed E-state index contributed by atoms with van der Waals surface area (Å²) in [6.45, 7) is 2.42. The third kappa shape index (κ3) is 3.77. The molecule has 0 saturated carbocycles. The Balaban J connectivity index is 2.24. The highest BCUT2D eigenvalue weighted by Crippen LogP contribution is 2.37. The lowest BCUT2D eigenvalue weighted by Gasteiger charge is -2.18. The fraction of sp³-hybridized carbons (Fsp3) is 0.500. The molecular formula is C12H15BrClNO3S. The van der Waals surface area contributed by atoms with Crippen molar-refractivity contribution in [3.63, 3.8) is 0 Å². The second-order valence-electron chi connectivity index (χ2n) is 4.44. The van der Waals surface area contributed by atoms with Gasteiger partial charge in [0, 0.05) is 11.1 Å². The molecule has 1 aliphatic heterocycles. The maximum atomic E-state index is 11.5. The number of ether oxygens (including phenoxy) is 1. The Kier molecular flexibility index (Phi) is 4.63. The Labute approximate surface area is 126 Å². The molecule has 1 N–H and O–H groups in total. The van der Waals surface area contributed by atoms with E-state index in [1.54, 1.807) is 12.1 Å². The smallest absolute Gasteiger partial charge is 0.156 e. The highest BCUT2D eigenvalue weighted by Gasteiger charge is 2.28. The maximum Gasteiger partial charge on any atom is 0.156 e. The van der Waals surface area contributed by atoms with Gasteiger partial charge in [-0.3, -0.25) is 0 Å². The quantitative estimate of drug-likeness (QED) is 0.887. The Morgan fingerprint density at radius 1 is 1.53 bits per heavy atom.